The minimum Gasteiger partial charge on any atom is -0.497 e. The van der Waals surface area contributed by atoms with Gasteiger partial charge in [0.2, 0.25) is 5.13 Å². The Balaban J connectivity index is 1.29. The van der Waals surface area contributed by atoms with Crippen molar-refractivity contribution in [3.63, 3.8) is 0 Å². The predicted molar refractivity (Wildman–Crippen MR) is 117 cm³/mol. The number of aromatic nitrogens is 2. The van der Waals surface area contributed by atoms with Gasteiger partial charge < -0.3 is 14.4 Å². The number of ether oxygens (including phenoxy) is 2. The van der Waals surface area contributed by atoms with Crippen LogP contribution in [0.3, 0.4) is 0 Å². The fraction of sp³-hybridized carbons (Fsp3) is 0.364. The molecule has 2 aromatic carbocycles. The van der Waals surface area contributed by atoms with Crippen molar-refractivity contribution in [1.82, 2.24) is 14.3 Å². The third-order valence-electron chi connectivity index (χ3n) is 5.26. The standard InChI is InChI=1S/C22H26N4O2S/c1-27-19-8-6-17(7-9-19)10-11-25-12-14-26(15-13-25)22-23-21(24-29-22)18-4-3-5-20(16-18)28-2/h3-9,16H,10-15H2,1-2H3. The predicted octanol–water partition coefficient (Wildman–Crippen LogP) is 3.59. The van der Waals surface area contributed by atoms with Crippen LogP contribution in [-0.2, 0) is 6.42 Å². The normalized spacial score (nSPS) is 14.8. The molecule has 0 bridgehead atoms. The first kappa shape index (κ1) is 19.7. The van der Waals surface area contributed by atoms with Crippen molar-refractivity contribution < 1.29 is 9.47 Å². The van der Waals surface area contributed by atoms with Crippen LogP contribution in [0, 0.1) is 0 Å². The molecule has 0 spiro atoms. The van der Waals surface area contributed by atoms with E-state index >= 15 is 0 Å². The second-order valence-electron chi connectivity index (χ2n) is 7.06. The van der Waals surface area contributed by atoms with Crippen LogP contribution in [0.2, 0.25) is 0 Å². The van der Waals surface area contributed by atoms with E-state index in [0.717, 1.165) is 67.2 Å². The van der Waals surface area contributed by atoms with Crippen molar-refractivity contribution in [3.05, 3.63) is 54.1 Å². The fourth-order valence-corrected chi connectivity index (χ4v) is 4.21. The van der Waals surface area contributed by atoms with Crippen molar-refractivity contribution in [2.75, 3.05) is 51.8 Å². The maximum Gasteiger partial charge on any atom is 0.205 e. The molecule has 1 saturated heterocycles. The molecule has 0 amide bonds. The third-order valence-corrected chi connectivity index (χ3v) is 6.04. The van der Waals surface area contributed by atoms with Crippen molar-refractivity contribution in [1.29, 1.82) is 0 Å². The van der Waals surface area contributed by atoms with E-state index in [0.29, 0.717) is 0 Å². The fourth-order valence-electron chi connectivity index (χ4n) is 3.47. The van der Waals surface area contributed by atoms with Gasteiger partial charge in [-0.1, -0.05) is 24.3 Å². The first-order chi connectivity index (χ1) is 14.2. The zero-order chi connectivity index (χ0) is 20.1. The Morgan fingerprint density at radius 1 is 0.931 bits per heavy atom. The van der Waals surface area contributed by atoms with Gasteiger partial charge >= 0.3 is 0 Å². The summed E-state index contributed by atoms with van der Waals surface area (Å²) in [6.45, 7) is 5.13. The minimum absolute atomic E-state index is 0.769. The summed E-state index contributed by atoms with van der Waals surface area (Å²) in [6, 6.07) is 16.3. The molecule has 0 saturated carbocycles. The average molecular weight is 411 g/mol. The van der Waals surface area contributed by atoms with Gasteiger partial charge in [-0.25, -0.2) is 0 Å². The molecular weight excluding hydrogens is 384 g/mol. The molecule has 0 aliphatic carbocycles. The molecule has 0 atom stereocenters. The molecule has 0 radical (unpaired) electrons. The molecule has 1 aliphatic heterocycles. The van der Waals surface area contributed by atoms with Gasteiger partial charge in [0.05, 0.1) is 14.2 Å². The topological polar surface area (TPSA) is 50.7 Å². The zero-order valence-corrected chi connectivity index (χ0v) is 17.7. The Hall–Kier alpha value is -2.64. The molecule has 0 N–H and O–H groups in total. The van der Waals surface area contributed by atoms with E-state index < -0.39 is 0 Å². The van der Waals surface area contributed by atoms with Gasteiger partial charge in [0.25, 0.3) is 0 Å². The summed E-state index contributed by atoms with van der Waals surface area (Å²) in [5, 5.41) is 0.998. The van der Waals surface area contributed by atoms with Crippen LogP contribution in [0.15, 0.2) is 48.5 Å². The highest BCUT2D eigenvalue weighted by Gasteiger charge is 2.20. The van der Waals surface area contributed by atoms with Crippen molar-refractivity contribution >= 4 is 16.7 Å². The molecule has 2 heterocycles. The molecule has 3 aromatic rings. The Morgan fingerprint density at radius 2 is 1.69 bits per heavy atom. The van der Waals surface area contributed by atoms with Gasteiger partial charge in [0.15, 0.2) is 5.82 Å². The van der Waals surface area contributed by atoms with E-state index in [1.807, 2.05) is 36.4 Å². The second kappa shape index (κ2) is 9.24. The summed E-state index contributed by atoms with van der Waals surface area (Å²) in [5.74, 6) is 2.50. The second-order valence-corrected chi connectivity index (χ2v) is 7.79. The lowest BCUT2D eigenvalue weighted by Crippen LogP contribution is -2.47. The van der Waals surface area contributed by atoms with Crippen LogP contribution in [-0.4, -0.2) is 61.2 Å². The van der Waals surface area contributed by atoms with Crippen molar-refractivity contribution in [2.24, 2.45) is 0 Å². The number of hydrogen-bond acceptors (Lipinski definition) is 7. The van der Waals surface area contributed by atoms with Crippen molar-refractivity contribution in [3.8, 4) is 22.9 Å². The molecule has 152 valence electrons. The molecule has 4 rings (SSSR count). The lowest BCUT2D eigenvalue weighted by molar-refractivity contribution is 0.261. The van der Waals surface area contributed by atoms with E-state index in [4.69, 9.17) is 14.5 Å². The first-order valence-corrected chi connectivity index (χ1v) is 10.6. The number of nitrogens with zero attached hydrogens (tertiary/aromatic N) is 4. The Morgan fingerprint density at radius 3 is 2.41 bits per heavy atom. The van der Waals surface area contributed by atoms with Gasteiger partial charge in [-0.05, 0) is 36.2 Å². The maximum absolute atomic E-state index is 5.30. The molecule has 0 unspecified atom stereocenters. The summed E-state index contributed by atoms with van der Waals surface area (Å²) in [6.07, 6.45) is 1.06. The monoisotopic (exact) mass is 410 g/mol. The Kier molecular flexibility index (Phi) is 6.27. The molecule has 1 aromatic heterocycles. The first-order valence-electron chi connectivity index (χ1n) is 9.83. The van der Waals surface area contributed by atoms with Crippen LogP contribution in [0.1, 0.15) is 5.56 Å². The minimum atomic E-state index is 0.769. The van der Waals surface area contributed by atoms with E-state index in [1.54, 1.807) is 14.2 Å². The van der Waals surface area contributed by atoms with Crippen LogP contribution in [0.5, 0.6) is 11.5 Å². The van der Waals surface area contributed by atoms with Gasteiger partial charge in [-0.3, -0.25) is 4.90 Å². The van der Waals surface area contributed by atoms with Gasteiger partial charge in [-0.15, -0.1) is 0 Å². The molecule has 6 nitrogen and oxygen atoms in total. The smallest absolute Gasteiger partial charge is 0.205 e. The van der Waals surface area contributed by atoms with Crippen molar-refractivity contribution in [2.45, 2.75) is 6.42 Å². The number of piperazine rings is 1. The largest absolute Gasteiger partial charge is 0.497 e. The molecule has 7 heteroatoms. The summed E-state index contributed by atoms with van der Waals surface area (Å²) in [4.78, 5) is 9.62. The molecule has 1 fully saturated rings. The lowest BCUT2D eigenvalue weighted by Gasteiger charge is -2.34. The third kappa shape index (κ3) is 4.86. The number of rotatable bonds is 7. The molecular formula is C22H26N4O2S. The Bertz CT molecular complexity index is 921. The van der Waals surface area contributed by atoms with Crippen LogP contribution in [0.25, 0.3) is 11.4 Å². The lowest BCUT2D eigenvalue weighted by atomic mass is 10.1. The number of benzene rings is 2. The molecule has 29 heavy (non-hydrogen) atoms. The maximum atomic E-state index is 5.30. The Labute approximate surface area is 175 Å². The number of hydrogen-bond donors (Lipinski definition) is 0. The summed E-state index contributed by atoms with van der Waals surface area (Å²) >= 11 is 1.47. The van der Waals surface area contributed by atoms with E-state index in [9.17, 15) is 0 Å². The SMILES string of the molecule is COc1ccc(CCN2CCN(c3nc(-c4cccc(OC)c4)ns3)CC2)cc1. The van der Waals surface area contributed by atoms with E-state index in [1.165, 1.54) is 17.1 Å². The van der Waals surface area contributed by atoms with Crippen LogP contribution in [0.4, 0.5) is 5.13 Å². The van der Waals surface area contributed by atoms with Crippen LogP contribution < -0.4 is 14.4 Å². The quantitative estimate of drug-likeness (QED) is 0.593. The summed E-state index contributed by atoms with van der Waals surface area (Å²) in [5.41, 5.74) is 2.34. The summed E-state index contributed by atoms with van der Waals surface area (Å²) < 4.78 is 15.1. The number of methoxy groups -OCH3 is 2. The van der Waals surface area contributed by atoms with Gasteiger partial charge in [0, 0.05) is 49.8 Å². The van der Waals surface area contributed by atoms with Gasteiger partial charge in [0.1, 0.15) is 11.5 Å². The number of anilines is 1. The summed E-state index contributed by atoms with van der Waals surface area (Å²) in [7, 11) is 3.37. The average Bonchev–Trinajstić information content (AvgIpc) is 3.29. The van der Waals surface area contributed by atoms with E-state index in [2.05, 4.69) is 26.3 Å². The van der Waals surface area contributed by atoms with E-state index in [-0.39, 0.29) is 0 Å². The van der Waals surface area contributed by atoms with Crippen LogP contribution >= 0.6 is 11.5 Å². The highest BCUT2D eigenvalue weighted by molar-refractivity contribution is 7.09. The highest BCUT2D eigenvalue weighted by atomic mass is 32.1. The molecule has 1 aliphatic rings. The zero-order valence-electron chi connectivity index (χ0n) is 16.9. The van der Waals surface area contributed by atoms with Gasteiger partial charge in [-0.2, -0.15) is 9.36 Å². The highest BCUT2D eigenvalue weighted by Crippen LogP contribution is 2.27.